The van der Waals surface area contributed by atoms with Gasteiger partial charge in [0.25, 0.3) is 0 Å². The van der Waals surface area contributed by atoms with Crippen molar-refractivity contribution in [3.63, 3.8) is 0 Å². The van der Waals surface area contributed by atoms with Crippen LogP contribution in [0.3, 0.4) is 0 Å². The average molecular weight is 190 g/mol. The highest BCUT2D eigenvalue weighted by Gasteiger charge is 2.31. The van der Waals surface area contributed by atoms with Gasteiger partial charge in [0.15, 0.2) is 0 Å². The van der Waals surface area contributed by atoms with Crippen LogP contribution in [0.1, 0.15) is 46.0 Å². The molecule has 78 valence electrons. The SMILES string of the molecule is C=CCCCCC(CC)C(C)(F)F. The number of hydrogen-bond acceptors (Lipinski definition) is 0. The van der Waals surface area contributed by atoms with Crippen LogP contribution in [0.5, 0.6) is 0 Å². The van der Waals surface area contributed by atoms with Gasteiger partial charge in [-0.05, 0) is 32.6 Å². The zero-order valence-electron chi connectivity index (χ0n) is 8.65. The average Bonchev–Trinajstić information content (AvgIpc) is 2.02. The van der Waals surface area contributed by atoms with Crippen molar-refractivity contribution in [3.8, 4) is 0 Å². The Kier molecular flexibility index (Phi) is 5.93. The number of allylic oxidation sites excluding steroid dienone is 1. The number of rotatable bonds is 7. The lowest BCUT2D eigenvalue weighted by Gasteiger charge is -2.21. The molecule has 0 spiro atoms. The summed E-state index contributed by atoms with van der Waals surface area (Å²) in [5.74, 6) is -2.96. The van der Waals surface area contributed by atoms with E-state index in [4.69, 9.17) is 0 Å². The van der Waals surface area contributed by atoms with Gasteiger partial charge in [0.1, 0.15) is 0 Å². The van der Waals surface area contributed by atoms with Crippen molar-refractivity contribution in [2.24, 2.45) is 5.92 Å². The molecule has 1 atom stereocenters. The first-order valence-corrected chi connectivity index (χ1v) is 5.01. The van der Waals surface area contributed by atoms with Crippen LogP contribution >= 0.6 is 0 Å². The summed E-state index contributed by atoms with van der Waals surface area (Å²) in [5.41, 5.74) is 0. The van der Waals surface area contributed by atoms with Gasteiger partial charge in [-0.1, -0.05) is 19.4 Å². The molecule has 0 heterocycles. The summed E-state index contributed by atoms with van der Waals surface area (Å²) in [7, 11) is 0. The molecule has 0 aromatic carbocycles. The Hall–Kier alpha value is -0.400. The number of alkyl halides is 2. The summed E-state index contributed by atoms with van der Waals surface area (Å²) in [6.45, 7) is 6.45. The predicted octanol–water partition coefficient (Wildman–Crippen LogP) is 4.41. The molecule has 0 rings (SSSR count). The van der Waals surface area contributed by atoms with E-state index >= 15 is 0 Å². The Bertz CT molecular complexity index is 136. The van der Waals surface area contributed by atoms with Crippen molar-refractivity contribution < 1.29 is 8.78 Å². The van der Waals surface area contributed by atoms with E-state index in [9.17, 15) is 8.78 Å². The van der Waals surface area contributed by atoms with E-state index in [1.807, 2.05) is 13.0 Å². The van der Waals surface area contributed by atoms with E-state index in [2.05, 4.69) is 6.58 Å². The van der Waals surface area contributed by atoms with E-state index in [-0.39, 0.29) is 0 Å². The molecule has 0 nitrogen and oxygen atoms in total. The molecule has 2 heteroatoms. The molecule has 13 heavy (non-hydrogen) atoms. The molecule has 0 bridgehead atoms. The van der Waals surface area contributed by atoms with Crippen LogP contribution < -0.4 is 0 Å². The molecule has 0 aromatic rings. The van der Waals surface area contributed by atoms with E-state index in [0.29, 0.717) is 12.8 Å². The van der Waals surface area contributed by atoms with Crippen molar-refractivity contribution >= 4 is 0 Å². The highest BCUT2D eigenvalue weighted by atomic mass is 19.3. The maximum absolute atomic E-state index is 12.9. The first-order valence-electron chi connectivity index (χ1n) is 5.01. The van der Waals surface area contributed by atoms with Crippen LogP contribution in [0.4, 0.5) is 8.78 Å². The van der Waals surface area contributed by atoms with E-state index in [1.54, 1.807) is 0 Å². The number of halogens is 2. The largest absolute Gasteiger partial charge is 0.248 e. The van der Waals surface area contributed by atoms with E-state index in [0.717, 1.165) is 26.2 Å². The Balaban J connectivity index is 3.66. The minimum Gasteiger partial charge on any atom is -0.207 e. The highest BCUT2D eigenvalue weighted by Crippen LogP contribution is 2.30. The monoisotopic (exact) mass is 190 g/mol. The summed E-state index contributed by atoms with van der Waals surface area (Å²) < 4.78 is 25.8. The molecule has 0 aliphatic carbocycles. The van der Waals surface area contributed by atoms with Crippen LogP contribution in [0, 0.1) is 5.92 Å². The first-order chi connectivity index (χ1) is 6.02. The van der Waals surface area contributed by atoms with E-state index in [1.165, 1.54) is 0 Å². The number of hydrogen-bond donors (Lipinski definition) is 0. The number of unbranched alkanes of at least 4 members (excludes halogenated alkanes) is 2. The first kappa shape index (κ1) is 12.6. The molecule has 0 saturated heterocycles. The fraction of sp³-hybridized carbons (Fsp3) is 0.818. The molecule has 0 amide bonds. The van der Waals surface area contributed by atoms with Crippen molar-refractivity contribution in [2.45, 2.75) is 51.9 Å². The third kappa shape index (κ3) is 5.78. The maximum Gasteiger partial charge on any atom is 0.248 e. The van der Waals surface area contributed by atoms with E-state index < -0.39 is 11.8 Å². The molecular formula is C11H20F2. The Morgan fingerprint density at radius 1 is 1.38 bits per heavy atom. The normalized spacial score (nSPS) is 14.2. The van der Waals surface area contributed by atoms with Crippen LogP contribution in [-0.4, -0.2) is 5.92 Å². The summed E-state index contributed by atoms with van der Waals surface area (Å²) in [4.78, 5) is 0. The van der Waals surface area contributed by atoms with Gasteiger partial charge in [0.2, 0.25) is 5.92 Å². The molecular weight excluding hydrogens is 170 g/mol. The molecule has 0 saturated carbocycles. The predicted molar refractivity (Wildman–Crippen MR) is 53.1 cm³/mol. The van der Waals surface area contributed by atoms with Crippen molar-refractivity contribution in [1.82, 2.24) is 0 Å². The smallest absolute Gasteiger partial charge is 0.207 e. The summed E-state index contributed by atoms with van der Waals surface area (Å²) >= 11 is 0. The van der Waals surface area contributed by atoms with Crippen LogP contribution in [-0.2, 0) is 0 Å². The third-order valence-electron chi connectivity index (χ3n) is 2.42. The van der Waals surface area contributed by atoms with Crippen LogP contribution in [0.15, 0.2) is 12.7 Å². The van der Waals surface area contributed by atoms with Gasteiger partial charge >= 0.3 is 0 Å². The zero-order valence-corrected chi connectivity index (χ0v) is 8.65. The minimum atomic E-state index is -2.51. The van der Waals surface area contributed by atoms with Crippen molar-refractivity contribution in [1.29, 1.82) is 0 Å². The van der Waals surface area contributed by atoms with Gasteiger partial charge in [-0.25, -0.2) is 8.78 Å². The van der Waals surface area contributed by atoms with Gasteiger partial charge in [-0.15, -0.1) is 6.58 Å². The topological polar surface area (TPSA) is 0 Å². The maximum atomic E-state index is 12.9. The molecule has 0 aliphatic heterocycles. The Labute approximate surface area is 80.0 Å². The quantitative estimate of drug-likeness (QED) is 0.412. The lowest BCUT2D eigenvalue weighted by Crippen LogP contribution is -2.23. The van der Waals surface area contributed by atoms with Gasteiger partial charge in [0, 0.05) is 5.92 Å². The lowest BCUT2D eigenvalue weighted by atomic mass is 9.93. The Morgan fingerprint density at radius 3 is 2.38 bits per heavy atom. The molecule has 0 radical (unpaired) electrons. The van der Waals surface area contributed by atoms with Crippen molar-refractivity contribution in [3.05, 3.63) is 12.7 Å². The van der Waals surface area contributed by atoms with Gasteiger partial charge in [-0.3, -0.25) is 0 Å². The van der Waals surface area contributed by atoms with Gasteiger partial charge in [0.05, 0.1) is 0 Å². The molecule has 0 aliphatic rings. The third-order valence-corrected chi connectivity index (χ3v) is 2.42. The second-order valence-corrected chi connectivity index (χ2v) is 3.63. The van der Waals surface area contributed by atoms with Gasteiger partial charge in [-0.2, -0.15) is 0 Å². The van der Waals surface area contributed by atoms with Crippen LogP contribution in [0.25, 0.3) is 0 Å². The molecule has 1 unspecified atom stereocenters. The highest BCUT2D eigenvalue weighted by molar-refractivity contribution is 4.72. The summed E-state index contributed by atoms with van der Waals surface area (Å²) in [6.07, 6.45) is 5.84. The van der Waals surface area contributed by atoms with Gasteiger partial charge < -0.3 is 0 Å². The second-order valence-electron chi connectivity index (χ2n) is 3.63. The fourth-order valence-electron chi connectivity index (χ4n) is 1.50. The Morgan fingerprint density at radius 2 is 2.00 bits per heavy atom. The summed E-state index contributed by atoms with van der Waals surface area (Å²) in [5, 5.41) is 0. The second kappa shape index (κ2) is 6.11. The summed E-state index contributed by atoms with van der Waals surface area (Å²) in [6, 6.07) is 0. The fourth-order valence-corrected chi connectivity index (χ4v) is 1.50. The zero-order chi connectivity index (χ0) is 10.3. The minimum absolute atomic E-state index is 0.447. The molecule has 0 N–H and O–H groups in total. The molecule has 0 fully saturated rings. The molecule has 0 aromatic heterocycles. The van der Waals surface area contributed by atoms with Crippen molar-refractivity contribution in [2.75, 3.05) is 0 Å². The van der Waals surface area contributed by atoms with Crippen LogP contribution in [0.2, 0.25) is 0 Å². The standard InChI is InChI=1S/C11H20F2/c1-4-6-7-8-9-10(5-2)11(3,12)13/h4,10H,1,5-9H2,2-3H3. The lowest BCUT2D eigenvalue weighted by molar-refractivity contribution is -0.0449.